The van der Waals surface area contributed by atoms with Gasteiger partial charge in [0.15, 0.2) is 0 Å². The highest BCUT2D eigenvalue weighted by atomic mass is 35.5. The van der Waals surface area contributed by atoms with Crippen LogP contribution in [0.15, 0.2) is 18.2 Å². The molecule has 1 aromatic rings. The molecule has 2 nitrogen and oxygen atoms in total. The van der Waals surface area contributed by atoms with Crippen LogP contribution in [0, 0.1) is 11.6 Å². The number of benzene rings is 1. The number of carbonyl (C=O) groups excluding carboxylic acids is 1. The topological polar surface area (TPSA) is 29.1 Å². The summed E-state index contributed by atoms with van der Waals surface area (Å²) in [5.74, 6) is -1.45. The Bertz CT molecular complexity index is 435. The predicted octanol–water partition coefficient (Wildman–Crippen LogP) is 2.79. The van der Waals surface area contributed by atoms with Crippen molar-refractivity contribution in [2.24, 2.45) is 0 Å². The average Bonchev–Trinajstić information content (AvgIpc) is 2.29. The highest BCUT2D eigenvalue weighted by Crippen LogP contribution is 2.32. The molecule has 0 heterocycles. The van der Waals surface area contributed by atoms with Gasteiger partial charge in [0.05, 0.1) is 12.0 Å². The van der Waals surface area contributed by atoms with Gasteiger partial charge in [0.2, 0.25) is 5.91 Å². The molecular formula is C13H14ClF2NO. The van der Waals surface area contributed by atoms with Crippen molar-refractivity contribution in [2.45, 2.75) is 31.2 Å². The number of halogens is 3. The number of rotatable bonds is 4. The molecule has 0 radical (unpaired) electrons. The number of alkyl halides is 1. The Balaban J connectivity index is 2.03. The highest BCUT2D eigenvalue weighted by Gasteiger charge is 2.37. The lowest BCUT2D eigenvalue weighted by atomic mass is 9.78. The first-order chi connectivity index (χ1) is 8.56. The van der Waals surface area contributed by atoms with Gasteiger partial charge in [-0.25, -0.2) is 8.78 Å². The molecule has 0 unspecified atom stereocenters. The molecule has 1 aliphatic carbocycles. The van der Waals surface area contributed by atoms with E-state index in [-0.39, 0.29) is 23.4 Å². The van der Waals surface area contributed by atoms with Gasteiger partial charge >= 0.3 is 0 Å². The summed E-state index contributed by atoms with van der Waals surface area (Å²) < 4.78 is 26.8. The third kappa shape index (κ3) is 2.64. The Morgan fingerprint density at radius 1 is 1.33 bits per heavy atom. The summed E-state index contributed by atoms with van der Waals surface area (Å²) in [6.07, 6.45) is 2.36. The van der Waals surface area contributed by atoms with E-state index in [9.17, 15) is 13.6 Å². The first-order valence-corrected chi connectivity index (χ1v) is 6.40. The molecule has 0 aliphatic heterocycles. The monoisotopic (exact) mass is 273 g/mol. The first kappa shape index (κ1) is 13.3. The fourth-order valence-electron chi connectivity index (χ4n) is 2.10. The zero-order valence-corrected chi connectivity index (χ0v) is 10.6. The van der Waals surface area contributed by atoms with Crippen LogP contribution in [0.5, 0.6) is 0 Å². The number of nitrogens with one attached hydrogen (secondary N) is 1. The molecule has 18 heavy (non-hydrogen) atoms. The van der Waals surface area contributed by atoms with Crippen molar-refractivity contribution in [1.29, 1.82) is 0 Å². The fraction of sp³-hybridized carbons (Fsp3) is 0.462. The van der Waals surface area contributed by atoms with Crippen LogP contribution in [0.1, 0.15) is 24.8 Å². The second-order valence-corrected chi connectivity index (χ2v) is 4.96. The van der Waals surface area contributed by atoms with E-state index < -0.39 is 11.6 Å². The molecule has 0 spiro atoms. The van der Waals surface area contributed by atoms with Crippen LogP contribution < -0.4 is 5.32 Å². The smallest absolute Gasteiger partial charge is 0.225 e. The van der Waals surface area contributed by atoms with Gasteiger partial charge in [0.1, 0.15) is 11.6 Å². The molecule has 0 bridgehead atoms. The summed E-state index contributed by atoms with van der Waals surface area (Å²) in [6, 6.07) is 3.57. The van der Waals surface area contributed by atoms with Crippen molar-refractivity contribution in [3.63, 3.8) is 0 Å². The minimum atomic E-state index is -0.696. The van der Waals surface area contributed by atoms with Gasteiger partial charge in [-0.3, -0.25) is 4.79 Å². The van der Waals surface area contributed by atoms with Crippen LogP contribution in [0.25, 0.3) is 0 Å². The van der Waals surface area contributed by atoms with Crippen molar-refractivity contribution in [1.82, 2.24) is 5.32 Å². The van der Waals surface area contributed by atoms with Crippen molar-refractivity contribution in [3.8, 4) is 0 Å². The minimum absolute atomic E-state index is 0.195. The van der Waals surface area contributed by atoms with Crippen molar-refractivity contribution < 1.29 is 13.6 Å². The third-order valence-corrected chi connectivity index (χ3v) is 3.88. The molecule has 2 rings (SSSR count). The van der Waals surface area contributed by atoms with E-state index in [1.165, 1.54) is 6.07 Å². The van der Waals surface area contributed by atoms with Crippen molar-refractivity contribution in [2.75, 3.05) is 5.88 Å². The van der Waals surface area contributed by atoms with E-state index in [4.69, 9.17) is 11.6 Å². The number of amides is 1. The Hall–Kier alpha value is -1.16. The maximum atomic E-state index is 13.4. The molecule has 1 saturated carbocycles. The van der Waals surface area contributed by atoms with Crippen LogP contribution in [-0.2, 0) is 11.2 Å². The average molecular weight is 274 g/mol. The summed E-state index contributed by atoms with van der Waals surface area (Å²) in [6.45, 7) is 0. The fourth-order valence-corrected chi connectivity index (χ4v) is 2.43. The molecule has 1 fully saturated rings. The predicted molar refractivity (Wildman–Crippen MR) is 65.5 cm³/mol. The first-order valence-electron chi connectivity index (χ1n) is 5.86. The molecule has 0 atom stereocenters. The summed E-state index contributed by atoms with van der Waals surface area (Å²) in [5.41, 5.74) is -0.570. The summed E-state index contributed by atoms with van der Waals surface area (Å²) in [4.78, 5) is 11.8. The second kappa shape index (κ2) is 5.22. The van der Waals surface area contributed by atoms with Crippen LogP contribution >= 0.6 is 11.6 Å². The van der Waals surface area contributed by atoms with Gasteiger partial charge in [-0.1, -0.05) is 6.07 Å². The van der Waals surface area contributed by atoms with E-state index in [2.05, 4.69) is 5.32 Å². The molecule has 1 amide bonds. The molecule has 5 heteroatoms. The number of hydrogen-bond acceptors (Lipinski definition) is 1. The summed E-state index contributed by atoms with van der Waals surface area (Å²) in [5, 5.41) is 2.78. The quantitative estimate of drug-likeness (QED) is 0.840. The van der Waals surface area contributed by atoms with Gasteiger partial charge < -0.3 is 5.32 Å². The third-order valence-electron chi connectivity index (χ3n) is 3.37. The summed E-state index contributed by atoms with van der Waals surface area (Å²) >= 11 is 5.81. The van der Waals surface area contributed by atoms with E-state index in [0.29, 0.717) is 5.88 Å². The molecule has 0 aromatic heterocycles. The maximum absolute atomic E-state index is 13.4. The molecular weight excluding hydrogens is 260 g/mol. The maximum Gasteiger partial charge on any atom is 0.225 e. The summed E-state index contributed by atoms with van der Waals surface area (Å²) in [7, 11) is 0. The van der Waals surface area contributed by atoms with Crippen LogP contribution in [0.3, 0.4) is 0 Å². The van der Waals surface area contributed by atoms with Crippen LogP contribution in [0.4, 0.5) is 8.78 Å². The Kier molecular flexibility index (Phi) is 3.85. The molecule has 1 aliphatic rings. The molecule has 98 valence electrons. The van der Waals surface area contributed by atoms with Crippen LogP contribution in [0.2, 0.25) is 0 Å². The second-order valence-electron chi connectivity index (χ2n) is 4.69. The zero-order chi connectivity index (χ0) is 13.2. The minimum Gasteiger partial charge on any atom is -0.349 e. The Labute approximate surface area is 109 Å². The largest absolute Gasteiger partial charge is 0.349 e. The van der Waals surface area contributed by atoms with Crippen molar-refractivity contribution >= 4 is 17.5 Å². The number of carbonyl (C=O) groups is 1. The van der Waals surface area contributed by atoms with Gasteiger partial charge in [0, 0.05) is 11.4 Å². The van der Waals surface area contributed by atoms with E-state index in [1.54, 1.807) is 0 Å². The lowest BCUT2D eigenvalue weighted by molar-refractivity contribution is -0.123. The lowest BCUT2D eigenvalue weighted by Crippen LogP contribution is -2.55. The van der Waals surface area contributed by atoms with Crippen LogP contribution in [-0.4, -0.2) is 17.3 Å². The molecule has 0 saturated heterocycles. The lowest BCUT2D eigenvalue weighted by Gasteiger charge is -2.41. The van der Waals surface area contributed by atoms with E-state index in [1.807, 2.05) is 0 Å². The Morgan fingerprint density at radius 3 is 2.39 bits per heavy atom. The highest BCUT2D eigenvalue weighted by molar-refractivity contribution is 6.18. The normalized spacial score (nSPS) is 17.1. The van der Waals surface area contributed by atoms with E-state index >= 15 is 0 Å². The number of hydrogen-bond donors (Lipinski definition) is 1. The van der Waals surface area contributed by atoms with Crippen molar-refractivity contribution in [3.05, 3.63) is 35.4 Å². The standard InChI is InChI=1S/C13H14ClF2NO/c14-8-13(5-2-6-13)17-12(18)7-9-10(15)3-1-4-11(9)16/h1,3-4H,2,5-8H2,(H,17,18). The van der Waals surface area contributed by atoms with Gasteiger partial charge in [-0.2, -0.15) is 0 Å². The molecule has 1 N–H and O–H groups in total. The van der Waals surface area contributed by atoms with Gasteiger partial charge in [-0.05, 0) is 31.4 Å². The van der Waals surface area contributed by atoms with E-state index in [0.717, 1.165) is 31.4 Å². The molecule has 1 aromatic carbocycles. The SMILES string of the molecule is O=C(Cc1c(F)cccc1F)NC1(CCl)CCC1. The Morgan fingerprint density at radius 2 is 1.94 bits per heavy atom. The van der Waals surface area contributed by atoms with Gasteiger partial charge in [0.25, 0.3) is 0 Å². The van der Waals surface area contributed by atoms with Gasteiger partial charge in [-0.15, -0.1) is 11.6 Å². The zero-order valence-electron chi connectivity index (χ0n) is 9.81.